The van der Waals surface area contributed by atoms with E-state index in [0.717, 1.165) is 0 Å². The highest BCUT2D eigenvalue weighted by molar-refractivity contribution is 7.89. The lowest BCUT2D eigenvalue weighted by Crippen LogP contribution is -2.52. The lowest BCUT2D eigenvalue weighted by Gasteiger charge is -2.37. The van der Waals surface area contributed by atoms with Crippen molar-refractivity contribution in [3.63, 3.8) is 0 Å². The molecule has 1 fully saturated rings. The summed E-state index contributed by atoms with van der Waals surface area (Å²) < 4.78 is 24.8. The Morgan fingerprint density at radius 2 is 1.91 bits per heavy atom. The monoisotopic (exact) mass is 374 g/mol. The van der Waals surface area contributed by atoms with Crippen LogP contribution in [0.5, 0.6) is 0 Å². The molecule has 1 aliphatic heterocycles. The van der Waals surface area contributed by atoms with Gasteiger partial charge in [-0.05, 0) is 19.1 Å². The number of benzene rings is 1. The number of sulfonamides is 1. The molecule has 1 aromatic carbocycles. The third kappa shape index (κ3) is 3.52. The van der Waals surface area contributed by atoms with Gasteiger partial charge in [0.05, 0.1) is 33.0 Å². The van der Waals surface area contributed by atoms with Gasteiger partial charge in [0.15, 0.2) is 0 Å². The zero-order chi connectivity index (χ0) is 16.6. The molecule has 9 heteroatoms. The number of nitrogens with one attached hydrogen (secondary N) is 1. The van der Waals surface area contributed by atoms with E-state index in [4.69, 9.17) is 23.2 Å². The second-order valence-corrected chi connectivity index (χ2v) is 8.55. The summed E-state index contributed by atoms with van der Waals surface area (Å²) in [6.45, 7) is 3.40. The Morgan fingerprint density at radius 1 is 1.26 bits per heavy atom. The highest BCUT2D eigenvalue weighted by atomic mass is 35.5. The van der Waals surface area contributed by atoms with Crippen LogP contribution in [0.1, 0.15) is 6.92 Å². The standard InChI is InChI=1S/C14H16Cl2N4O2S/c1-2-23(21,22)20-7-9(8-20)5-18-14-6-17-12-3-10(15)11(16)4-13(12)19-14/h3-4,6,9H,2,5,7-8H2,1H3,(H,18,19). The van der Waals surface area contributed by atoms with Crippen LogP contribution in [0.2, 0.25) is 10.0 Å². The maximum atomic E-state index is 11.7. The minimum Gasteiger partial charge on any atom is -0.368 e. The molecule has 1 N–H and O–H groups in total. The third-order valence-corrected chi connectivity index (χ3v) is 6.37. The van der Waals surface area contributed by atoms with Gasteiger partial charge < -0.3 is 5.32 Å². The van der Waals surface area contributed by atoms with Gasteiger partial charge in [-0.3, -0.25) is 4.98 Å². The van der Waals surface area contributed by atoms with Crippen LogP contribution in [0.4, 0.5) is 5.82 Å². The van der Waals surface area contributed by atoms with E-state index in [0.29, 0.717) is 46.5 Å². The summed E-state index contributed by atoms with van der Waals surface area (Å²) in [5.74, 6) is 1.06. The predicted molar refractivity (Wildman–Crippen MR) is 92.6 cm³/mol. The van der Waals surface area contributed by atoms with Gasteiger partial charge in [-0.2, -0.15) is 0 Å². The van der Waals surface area contributed by atoms with Gasteiger partial charge in [0.1, 0.15) is 5.82 Å². The largest absolute Gasteiger partial charge is 0.368 e. The van der Waals surface area contributed by atoms with Crippen LogP contribution < -0.4 is 5.32 Å². The lowest BCUT2D eigenvalue weighted by molar-refractivity contribution is 0.212. The molecule has 0 amide bonds. The maximum absolute atomic E-state index is 11.7. The Balaban J connectivity index is 1.62. The van der Waals surface area contributed by atoms with Crippen LogP contribution in [0.15, 0.2) is 18.3 Å². The molecule has 0 saturated carbocycles. The molecule has 3 rings (SSSR count). The lowest BCUT2D eigenvalue weighted by atomic mass is 10.0. The molecule has 1 aliphatic rings. The first kappa shape index (κ1) is 16.7. The molecule has 6 nitrogen and oxygen atoms in total. The Kier molecular flexibility index (Phi) is 4.64. The molecule has 2 aromatic rings. The molecule has 0 atom stereocenters. The molecular formula is C14H16Cl2N4O2S. The summed E-state index contributed by atoms with van der Waals surface area (Å²) in [6, 6.07) is 3.35. The van der Waals surface area contributed by atoms with Crippen molar-refractivity contribution >= 4 is 50.1 Å². The van der Waals surface area contributed by atoms with Crippen LogP contribution >= 0.6 is 23.2 Å². The predicted octanol–water partition coefficient (Wildman–Crippen LogP) is 2.63. The third-order valence-electron chi connectivity index (χ3n) is 3.84. The molecule has 1 aromatic heterocycles. The number of nitrogens with zero attached hydrogens (tertiary/aromatic N) is 3. The molecule has 0 spiro atoms. The van der Waals surface area contributed by atoms with E-state index in [1.54, 1.807) is 25.3 Å². The van der Waals surface area contributed by atoms with Crippen molar-refractivity contribution in [1.82, 2.24) is 14.3 Å². The molecule has 0 radical (unpaired) electrons. The van der Waals surface area contributed by atoms with Crippen LogP contribution in [-0.4, -0.2) is 48.1 Å². The van der Waals surface area contributed by atoms with Crippen LogP contribution in [0, 0.1) is 5.92 Å². The smallest absolute Gasteiger partial charge is 0.213 e. The number of fused-ring (bicyclic) bond motifs is 1. The molecule has 124 valence electrons. The molecule has 23 heavy (non-hydrogen) atoms. The van der Waals surface area contributed by atoms with Crippen molar-refractivity contribution in [2.45, 2.75) is 6.92 Å². The Morgan fingerprint density at radius 3 is 2.57 bits per heavy atom. The van der Waals surface area contributed by atoms with Crippen LogP contribution in [0.25, 0.3) is 11.0 Å². The minimum absolute atomic E-state index is 0.145. The molecular weight excluding hydrogens is 359 g/mol. The summed E-state index contributed by atoms with van der Waals surface area (Å²) in [7, 11) is -3.06. The highest BCUT2D eigenvalue weighted by Gasteiger charge is 2.34. The first-order valence-electron chi connectivity index (χ1n) is 7.22. The van der Waals surface area contributed by atoms with Crippen molar-refractivity contribution in [1.29, 1.82) is 0 Å². The molecule has 2 heterocycles. The maximum Gasteiger partial charge on any atom is 0.213 e. The van der Waals surface area contributed by atoms with E-state index in [9.17, 15) is 8.42 Å². The van der Waals surface area contributed by atoms with Gasteiger partial charge in [-0.1, -0.05) is 23.2 Å². The fourth-order valence-electron chi connectivity index (χ4n) is 2.40. The normalized spacial score (nSPS) is 16.5. The van der Waals surface area contributed by atoms with Crippen molar-refractivity contribution in [2.24, 2.45) is 5.92 Å². The van der Waals surface area contributed by atoms with E-state index < -0.39 is 10.0 Å². The van der Waals surface area contributed by atoms with Gasteiger partial charge in [-0.25, -0.2) is 17.7 Å². The number of rotatable bonds is 5. The quantitative estimate of drug-likeness (QED) is 0.870. The number of halogens is 2. The number of aromatic nitrogens is 2. The van der Waals surface area contributed by atoms with Crippen LogP contribution in [-0.2, 0) is 10.0 Å². The van der Waals surface area contributed by atoms with Crippen molar-refractivity contribution < 1.29 is 8.42 Å². The summed E-state index contributed by atoms with van der Waals surface area (Å²) in [4.78, 5) is 8.74. The molecule has 0 bridgehead atoms. The number of anilines is 1. The Labute approximate surface area is 144 Å². The topological polar surface area (TPSA) is 75.2 Å². The minimum atomic E-state index is -3.06. The van der Waals surface area contributed by atoms with Gasteiger partial charge in [0, 0.05) is 25.6 Å². The zero-order valence-corrected chi connectivity index (χ0v) is 14.8. The molecule has 1 saturated heterocycles. The Hall–Kier alpha value is -1.15. The second-order valence-electron chi connectivity index (χ2n) is 5.47. The first-order valence-corrected chi connectivity index (χ1v) is 9.59. The number of hydrogen-bond donors (Lipinski definition) is 1. The average molecular weight is 375 g/mol. The SMILES string of the molecule is CCS(=O)(=O)N1CC(CNc2cnc3cc(Cl)c(Cl)cc3n2)C1. The van der Waals surface area contributed by atoms with Gasteiger partial charge >= 0.3 is 0 Å². The first-order chi connectivity index (χ1) is 10.9. The van der Waals surface area contributed by atoms with Crippen molar-refractivity contribution in [3.05, 3.63) is 28.4 Å². The van der Waals surface area contributed by atoms with Gasteiger partial charge in [0.25, 0.3) is 0 Å². The van der Waals surface area contributed by atoms with E-state index in [1.165, 1.54) is 4.31 Å². The summed E-state index contributed by atoms with van der Waals surface area (Å²) in [5.41, 5.74) is 1.34. The molecule has 0 aliphatic carbocycles. The van der Waals surface area contributed by atoms with E-state index in [-0.39, 0.29) is 11.7 Å². The van der Waals surface area contributed by atoms with Gasteiger partial charge in [0.2, 0.25) is 10.0 Å². The van der Waals surface area contributed by atoms with Crippen molar-refractivity contribution in [3.8, 4) is 0 Å². The highest BCUT2D eigenvalue weighted by Crippen LogP contribution is 2.26. The van der Waals surface area contributed by atoms with E-state index in [2.05, 4.69) is 15.3 Å². The summed E-state index contributed by atoms with van der Waals surface area (Å²) in [5, 5.41) is 4.07. The van der Waals surface area contributed by atoms with Crippen molar-refractivity contribution in [2.75, 3.05) is 30.7 Å². The summed E-state index contributed by atoms with van der Waals surface area (Å²) in [6.07, 6.45) is 1.63. The zero-order valence-electron chi connectivity index (χ0n) is 12.5. The number of hydrogen-bond acceptors (Lipinski definition) is 5. The fourth-order valence-corrected chi connectivity index (χ4v) is 3.96. The Bertz CT molecular complexity index is 838. The van der Waals surface area contributed by atoms with E-state index in [1.807, 2.05) is 0 Å². The van der Waals surface area contributed by atoms with Gasteiger partial charge in [-0.15, -0.1) is 0 Å². The summed E-state index contributed by atoms with van der Waals surface area (Å²) >= 11 is 11.9. The average Bonchev–Trinajstić information content (AvgIpc) is 2.47. The van der Waals surface area contributed by atoms with Crippen LogP contribution in [0.3, 0.4) is 0 Å². The second kappa shape index (κ2) is 6.39. The van der Waals surface area contributed by atoms with E-state index >= 15 is 0 Å². The fraction of sp³-hybridized carbons (Fsp3) is 0.429. The molecule has 0 unspecified atom stereocenters.